The normalized spacial score (nSPS) is 18.3. The minimum absolute atomic E-state index is 0.304. The average Bonchev–Trinajstić information content (AvgIpc) is 2.45. The molecule has 0 unspecified atom stereocenters. The summed E-state index contributed by atoms with van der Waals surface area (Å²) in [5, 5.41) is 3.35. The van der Waals surface area contributed by atoms with Crippen LogP contribution in [0.1, 0.15) is 10.4 Å². The van der Waals surface area contributed by atoms with Crippen molar-refractivity contribution >= 4 is 52.3 Å². The molecular formula is C13H15Cl4N2O2+. The van der Waals surface area contributed by atoms with Gasteiger partial charge in [-0.25, -0.2) is 0 Å². The predicted molar refractivity (Wildman–Crippen MR) is 84.5 cm³/mol. The highest BCUT2D eigenvalue weighted by molar-refractivity contribution is 6.68. The van der Waals surface area contributed by atoms with Crippen molar-refractivity contribution in [3.63, 3.8) is 0 Å². The zero-order valence-electron chi connectivity index (χ0n) is 11.0. The lowest BCUT2D eigenvalue weighted by molar-refractivity contribution is -0.934. The van der Waals surface area contributed by atoms with Crippen molar-refractivity contribution in [1.82, 2.24) is 5.32 Å². The van der Waals surface area contributed by atoms with Crippen LogP contribution in [0.4, 0.5) is 0 Å². The van der Waals surface area contributed by atoms with Crippen molar-refractivity contribution in [3.8, 4) is 0 Å². The zero-order valence-corrected chi connectivity index (χ0v) is 14.1. The van der Waals surface area contributed by atoms with Crippen molar-refractivity contribution in [1.29, 1.82) is 0 Å². The van der Waals surface area contributed by atoms with Crippen molar-refractivity contribution < 1.29 is 14.4 Å². The molecule has 1 aromatic rings. The largest absolute Gasteiger partial charge is 0.370 e. The highest BCUT2D eigenvalue weighted by atomic mass is 35.6. The lowest BCUT2D eigenvalue weighted by atomic mass is 10.2. The number of carbonyl (C=O) groups excluding carboxylic acids is 1. The molecule has 0 aromatic heterocycles. The molecule has 4 nitrogen and oxygen atoms in total. The van der Waals surface area contributed by atoms with Gasteiger partial charge in [-0.05, 0) is 24.3 Å². The van der Waals surface area contributed by atoms with Crippen LogP contribution in [0.3, 0.4) is 0 Å². The second-order valence-electron chi connectivity index (χ2n) is 4.73. The van der Waals surface area contributed by atoms with Crippen molar-refractivity contribution in [3.05, 3.63) is 34.9 Å². The third kappa shape index (κ3) is 4.88. The van der Waals surface area contributed by atoms with E-state index in [4.69, 9.17) is 51.1 Å². The lowest BCUT2D eigenvalue weighted by Crippen LogP contribution is -3.21. The number of halogens is 4. The summed E-state index contributed by atoms with van der Waals surface area (Å²) in [5.74, 6) is -0.304. The molecule has 0 aliphatic carbocycles. The van der Waals surface area contributed by atoms with E-state index in [1.807, 2.05) is 0 Å². The van der Waals surface area contributed by atoms with Crippen molar-refractivity contribution in [2.45, 2.75) is 9.96 Å². The van der Waals surface area contributed by atoms with Gasteiger partial charge in [0.2, 0.25) is 6.17 Å². The number of nitrogens with one attached hydrogen (secondary N) is 2. The van der Waals surface area contributed by atoms with Gasteiger partial charge in [0.15, 0.2) is 0 Å². The summed E-state index contributed by atoms with van der Waals surface area (Å²) in [5.41, 5.74) is 0.464. The molecule has 8 heteroatoms. The Morgan fingerprint density at radius 1 is 1.19 bits per heavy atom. The van der Waals surface area contributed by atoms with Crippen LogP contribution in [-0.4, -0.2) is 42.2 Å². The summed E-state index contributed by atoms with van der Waals surface area (Å²) in [4.78, 5) is 13.3. The van der Waals surface area contributed by atoms with Gasteiger partial charge in [0, 0.05) is 10.6 Å². The number of ether oxygens (including phenoxy) is 1. The first-order valence-electron chi connectivity index (χ1n) is 6.43. The fourth-order valence-corrected chi connectivity index (χ4v) is 2.91. The average molecular weight is 373 g/mol. The zero-order chi connectivity index (χ0) is 15.5. The molecule has 1 aliphatic heterocycles. The maximum atomic E-state index is 12.3. The fraction of sp³-hybridized carbons (Fsp3) is 0.462. The van der Waals surface area contributed by atoms with Gasteiger partial charge in [-0.1, -0.05) is 46.4 Å². The van der Waals surface area contributed by atoms with Crippen LogP contribution in [0.5, 0.6) is 0 Å². The molecule has 2 rings (SSSR count). The van der Waals surface area contributed by atoms with Gasteiger partial charge in [-0.3, -0.25) is 10.1 Å². The van der Waals surface area contributed by atoms with E-state index in [0.29, 0.717) is 36.9 Å². The van der Waals surface area contributed by atoms with E-state index in [0.717, 1.165) is 4.90 Å². The van der Waals surface area contributed by atoms with E-state index in [9.17, 15) is 4.79 Å². The second-order valence-corrected chi connectivity index (χ2v) is 7.53. The van der Waals surface area contributed by atoms with Crippen LogP contribution < -0.4 is 10.2 Å². The molecule has 0 saturated carbocycles. The first-order valence-corrected chi connectivity index (χ1v) is 7.94. The van der Waals surface area contributed by atoms with Crippen molar-refractivity contribution in [2.75, 3.05) is 26.3 Å². The van der Waals surface area contributed by atoms with Crippen LogP contribution in [-0.2, 0) is 4.74 Å². The van der Waals surface area contributed by atoms with Gasteiger partial charge >= 0.3 is 0 Å². The smallest absolute Gasteiger partial charge is 0.262 e. The van der Waals surface area contributed by atoms with E-state index < -0.39 is 9.96 Å². The number of benzene rings is 1. The lowest BCUT2D eigenvalue weighted by Gasteiger charge is -2.35. The predicted octanol–water partition coefficient (Wildman–Crippen LogP) is 1.68. The SMILES string of the molecule is O=C(N[C@H]([NH+]1CCOCC1)C(Cl)(Cl)Cl)c1ccc(Cl)cc1. The molecule has 116 valence electrons. The molecular weight excluding hydrogens is 358 g/mol. The number of quaternary nitrogens is 1. The molecule has 0 spiro atoms. The van der Waals surface area contributed by atoms with Crippen LogP contribution in [0, 0.1) is 0 Å². The number of morpholine rings is 1. The first-order chi connectivity index (χ1) is 9.88. The quantitative estimate of drug-likeness (QED) is 0.793. The molecule has 1 amide bonds. The summed E-state index contributed by atoms with van der Waals surface area (Å²) < 4.78 is 3.69. The standard InChI is InChI=1S/C13H14Cl4N2O2/c14-10-3-1-9(2-4-10)11(20)18-12(13(15,16)17)19-5-7-21-8-6-19/h1-4,12H,5-8H2,(H,18,20)/p+1/t12-/m1/s1. The number of carbonyl (C=O) groups is 1. The number of rotatable bonds is 3. The molecule has 21 heavy (non-hydrogen) atoms. The molecule has 1 aliphatic rings. The minimum Gasteiger partial charge on any atom is -0.370 e. The van der Waals surface area contributed by atoms with E-state index >= 15 is 0 Å². The monoisotopic (exact) mass is 371 g/mol. The topological polar surface area (TPSA) is 42.8 Å². The number of amides is 1. The van der Waals surface area contributed by atoms with Gasteiger partial charge in [-0.2, -0.15) is 0 Å². The van der Waals surface area contributed by atoms with E-state index in [1.165, 1.54) is 0 Å². The molecule has 1 aromatic carbocycles. The molecule has 1 heterocycles. The van der Waals surface area contributed by atoms with Crippen molar-refractivity contribution in [2.24, 2.45) is 0 Å². The Hall–Kier alpha value is -0.230. The number of hydrogen-bond donors (Lipinski definition) is 2. The van der Waals surface area contributed by atoms with E-state index in [-0.39, 0.29) is 5.91 Å². The Bertz CT molecular complexity index is 484. The van der Waals surface area contributed by atoms with Gasteiger partial charge in [0.1, 0.15) is 13.1 Å². The Kier molecular flexibility index (Phi) is 6.00. The van der Waals surface area contributed by atoms with Crippen LogP contribution in [0.25, 0.3) is 0 Å². The summed E-state index contributed by atoms with van der Waals surface area (Å²) in [6.45, 7) is 2.48. The van der Waals surface area contributed by atoms with E-state index in [2.05, 4.69) is 5.32 Å². The summed E-state index contributed by atoms with van der Waals surface area (Å²) in [6.07, 6.45) is -0.644. The Morgan fingerprint density at radius 2 is 1.76 bits per heavy atom. The van der Waals surface area contributed by atoms with Crippen LogP contribution >= 0.6 is 46.4 Å². The number of alkyl halides is 3. The molecule has 1 fully saturated rings. The molecule has 1 atom stereocenters. The highest BCUT2D eigenvalue weighted by Gasteiger charge is 2.42. The summed E-state index contributed by atoms with van der Waals surface area (Å²) in [6, 6.07) is 6.54. The van der Waals surface area contributed by atoms with Gasteiger partial charge in [-0.15, -0.1) is 0 Å². The Morgan fingerprint density at radius 3 is 2.29 bits per heavy atom. The van der Waals surface area contributed by atoms with Crippen LogP contribution in [0.2, 0.25) is 5.02 Å². The number of hydrogen-bond acceptors (Lipinski definition) is 2. The molecule has 0 radical (unpaired) electrons. The Labute approximate surface area is 143 Å². The third-order valence-corrected chi connectivity index (χ3v) is 4.16. The molecule has 2 N–H and O–H groups in total. The molecule has 0 bridgehead atoms. The maximum absolute atomic E-state index is 12.3. The molecule has 1 saturated heterocycles. The minimum atomic E-state index is -1.60. The van der Waals surface area contributed by atoms with Crippen LogP contribution in [0.15, 0.2) is 24.3 Å². The van der Waals surface area contributed by atoms with Gasteiger partial charge < -0.3 is 9.64 Å². The van der Waals surface area contributed by atoms with E-state index in [1.54, 1.807) is 24.3 Å². The third-order valence-electron chi connectivity index (χ3n) is 3.25. The van der Waals surface area contributed by atoms with Gasteiger partial charge in [0.05, 0.1) is 13.2 Å². The maximum Gasteiger partial charge on any atom is 0.262 e. The van der Waals surface area contributed by atoms with Gasteiger partial charge in [0.25, 0.3) is 9.70 Å². The second kappa shape index (κ2) is 7.36. The highest BCUT2D eigenvalue weighted by Crippen LogP contribution is 2.28. The summed E-state index contributed by atoms with van der Waals surface area (Å²) in [7, 11) is 0. The first kappa shape index (κ1) is 17.1. The summed E-state index contributed by atoms with van der Waals surface area (Å²) >= 11 is 23.9. The Balaban J connectivity index is 2.10. The fourth-order valence-electron chi connectivity index (χ4n) is 2.15.